The summed E-state index contributed by atoms with van der Waals surface area (Å²) < 4.78 is 1.92. The number of carbonyl (C=O) groups excluding carboxylic acids is 1. The van der Waals surface area contributed by atoms with E-state index in [1.807, 2.05) is 18.7 Å². The summed E-state index contributed by atoms with van der Waals surface area (Å²) in [5, 5.41) is 7.94. The molecule has 3 unspecified atom stereocenters. The molecule has 2 fully saturated rings. The molecule has 3 atom stereocenters. The van der Waals surface area contributed by atoms with Gasteiger partial charge in [-0.15, -0.1) is 0 Å². The van der Waals surface area contributed by atoms with Gasteiger partial charge in [-0.2, -0.15) is 5.10 Å². The quantitative estimate of drug-likeness (QED) is 0.922. The number of hydrogen-bond acceptors (Lipinski definition) is 3. The molecule has 5 heteroatoms. The van der Waals surface area contributed by atoms with Gasteiger partial charge in [-0.1, -0.05) is 6.92 Å². The van der Waals surface area contributed by atoms with Crippen molar-refractivity contribution < 1.29 is 4.79 Å². The van der Waals surface area contributed by atoms with E-state index in [0.717, 1.165) is 38.0 Å². The van der Waals surface area contributed by atoms with Crippen LogP contribution in [0.2, 0.25) is 0 Å². The average molecular weight is 304 g/mol. The van der Waals surface area contributed by atoms with E-state index in [-0.39, 0.29) is 5.92 Å². The Labute approximate surface area is 133 Å². The van der Waals surface area contributed by atoms with E-state index in [4.69, 9.17) is 0 Å². The number of rotatable bonds is 3. The Bertz CT molecular complexity index is 551. The van der Waals surface area contributed by atoms with E-state index in [2.05, 4.69) is 29.2 Å². The van der Waals surface area contributed by atoms with Crippen molar-refractivity contribution >= 4 is 5.91 Å². The summed E-state index contributed by atoms with van der Waals surface area (Å²) in [6, 6.07) is 0.851. The molecule has 5 nitrogen and oxygen atoms in total. The molecule has 0 aliphatic carbocycles. The average Bonchev–Trinajstić information content (AvgIpc) is 2.87. The Kier molecular flexibility index (Phi) is 4.26. The Hall–Kier alpha value is -1.36. The Balaban J connectivity index is 1.74. The molecule has 1 amide bonds. The number of aryl methyl sites for hydroxylation is 2. The second kappa shape index (κ2) is 6.03. The lowest BCUT2D eigenvalue weighted by Gasteiger charge is -2.30. The molecule has 2 aliphatic rings. The van der Waals surface area contributed by atoms with Crippen LogP contribution in [0, 0.1) is 19.8 Å². The first-order valence-corrected chi connectivity index (χ1v) is 8.51. The van der Waals surface area contributed by atoms with Crippen LogP contribution in [0.1, 0.15) is 43.1 Å². The molecule has 122 valence electrons. The molecule has 22 heavy (non-hydrogen) atoms. The third kappa shape index (κ3) is 2.67. The zero-order chi connectivity index (χ0) is 15.9. The number of aromatic nitrogens is 2. The second-order valence-electron chi connectivity index (χ2n) is 7.00. The summed E-state index contributed by atoms with van der Waals surface area (Å²) >= 11 is 0. The predicted octanol–water partition coefficient (Wildman–Crippen LogP) is 1.57. The monoisotopic (exact) mass is 304 g/mol. The van der Waals surface area contributed by atoms with E-state index in [1.54, 1.807) is 0 Å². The van der Waals surface area contributed by atoms with E-state index < -0.39 is 0 Å². The SMILES string of the molecule is Cc1nn(C)c(C)c1CC(C)C(=O)N1C2CCNCC1CC2. The first kappa shape index (κ1) is 15.5. The molecule has 0 radical (unpaired) electrons. The summed E-state index contributed by atoms with van der Waals surface area (Å²) in [6.07, 6.45) is 4.23. The van der Waals surface area contributed by atoms with Crippen molar-refractivity contribution in [1.29, 1.82) is 0 Å². The molecule has 1 N–H and O–H groups in total. The highest BCUT2D eigenvalue weighted by Gasteiger charge is 2.39. The smallest absolute Gasteiger partial charge is 0.226 e. The Morgan fingerprint density at radius 1 is 1.32 bits per heavy atom. The van der Waals surface area contributed by atoms with Gasteiger partial charge in [0.2, 0.25) is 5.91 Å². The maximum atomic E-state index is 13.0. The second-order valence-corrected chi connectivity index (χ2v) is 7.00. The van der Waals surface area contributed by atoms with Crippen LogP contribution in [0.25, 0.3) is 0 Å². The Morgan fingerprint density at radius 3 is 2.73 bits per heavy atom. The molecule has 3 rings (SSSR count). The molecule has 0 spiro atoms. The van der Waals surface area contributed by atoms with E-state index in [9.17, 15) is 4.79 Å². The highest BCUT2D eigenvalue weighted by Crippen LogP contribution is 2.30. The van der Waals surface area contributed by atoms with Gasteiger partial charge >= 0.3 is 0 Å². The van der Waals surface area contributed by atoms with Crippen LogP contribution in [-0.2, 0) is 18.3 Å². The normalized spacial score (nSPS) is 26.1. The van der Waals surface area contributed by atoms with Crippen LogP contribution in [0.5, 0.6) is 0 Å². The molecule has 2 saturated heterocycles. The van der Waals surface area contributed by atoms with Crippen LogP contribution in [0.15, 0.2) is 0 Å². The van der Waals surface area contributed by atoms with Crippen LogP contribution in [-0.4, -0.2) is 45.8 Å². The van der Waals surface area contributed by atoms with Crippen molar-refractivity contribution in [2.45, 2.75) is 58.5 Å². The predicted molar refractivity (Wildman–Crippen MR) is 86.7 cm³/mol. The molecule has 3 heterocycles. The minimum atomic E-state index is 0.0304. The van der Waals surface area contributed by atoms with Gasteiger partial charge in [0, 0.05) is 37.3 Å². The van der Waals surface area contributed by atoms with Crippen molar-refractivity contribution in [3.8, 4) is 0 Å². The summed E-state index contributed by atoms with van der Waals surface area (Å²) in [6.45, 7) is 8.21. The van der Waals surface area contributed by atoms with Crippen LogP contribution >= 0.6 is 0 Å². The number of amides is 1. The lowest BCUT2D eigenvalue weighted by Crippen LogP contribution is -2.45. The molecule has 0 aromatic carbocycles. The van der Waals surface area contributed by atoms with Crippen molar-refractivity contribution in [3.05, 3.63) is 17.0 Å². The fraction of sp³-hybridized carbons (Fsp3) is 0.765. The highest BCUT2D eigenvalue weighted by atomic mass is 16.2. The maximum Gasteiger partial charge on any atom is 0.226 e. The van der Waals surface area contributed by atoms with Crippen LogP contribution < -0.4 is 5.32 Å². The van der Waals surface area contributed by atoms with Gasteiger partial charge in [0.1, 0.15) is 0 Å². The van der Waals surface area contributed by atoms with Gasteiger partial charge in [-0.3, -0.25) is 9.48 Å². The van der Waals surface area contributed by atoms with Gasteiger partial charge in [0.05, 0.1) is 5.69 Å². The van der Waals surface area contributed by atoms with Gasteiger partial charge in [0.25, 0.3) is 0 Å². The number of hydrogen-bond donors (Lipinski definition) is 1. The number of fused-ring (bicyclic) bond motifs is 2. The molecule has 2 bridgehead atoms. The van der Waals surface area contributed by atoms with Crippen LogP contribution in [0.4, 0.5) is 0 Å². The topological polar surface area (TPSA) is 50.2 Å². The lowest BCUT2D eigenvalue weighted by atomic mass is 9.97. The van der Waals surface area contributed by atoms with Gasteiger partial charge in [-0.25, -0.2) is 0 Å². The third-order valence-corrected chi connectivity index (χ3v) is 5.50. The summed E-state index contributed by atoms with van der Waals surface area (Å²) in [5.74, 6) is 0.363. The minimum Gasteiger partial charge on any atom is -0.335 e. The molecule has 1 aromatic heterocycles. The molecule has 2 aliphatic heterocycles. The first-order chi connectivity index (χ1) is 10.5. The van der Waals surface area contributed by atoms with Gasteiger partial charge < -0.3 is 10.2 Å². The third-order valence-electron chi connectivity index (χ3n) is 5.50. The van der Waals surface area contributed by atoms with E-state index in [1.165, 1.54) is 17.7 Å². The van der Waals surface area contributed by atoms with Crippen molar-refractivity contribution in [2.24, 2.45) is 13.0 Å². The fourth-order valence-electron chi connectivity index (χ4n) is 4.10. The fourth-order valence-corrected chi connectivity index (χ4v) is 4.10. The van der Waals surface area contributed by atoms with E-state index in [0.29, 0.717) is 18.0 Å². The first-order valence-electron chi connectivity index (χ1n) is 8.51. The van der Waals surface area contributed by atoms with E-state index >= 15 is 0 Å². The largest absolute Gasteiger partial charge is 0.335 e. The molecule has 1 aromatic rings. The standard InChI is InChI=1S/C17H28N4O/c1-11(9-16-12(2)19-20(4)13(16)3)17(22)21-14-5-6-15(21)10-18-8-7-14/h11,14-15,18H,5-10H2,1-4H3. The molecule has 0 saturated carbocycles. The summed E-state index contributed by atoms with van der Waals surface area (Å²) in [5.41, 5.74) is 3.47. The molecular weight excluding hydrogens is 276 g/mol. The number of nitrogens with zero attached hydrogens (tertiary/aromatic N) is 3. The maximum absolute atomic E-state index is 13.0. The number of nitrogens with one attached hydrogen (secondary N) is 1. The highest BCUT2D eigenvalue weighted by molar-refractivity contribution is 5.80. The van der Waals surface area contributed by atoms with Crippen LogP contribution in [0.3, 0.4) is 0 Å². The van der Waals surface area contributed by atoms with Crippen molar-refractivity contribution in [1.82, 2.24) is 20.0 Å². The summed E-state index contributed by atoms with van der Waals surface area (Å²) in [7, 11) is 1.97. The Morgan fingerprint density at radius 2 is 2.05 bits per heavy atom. The van der Waals surface area contributed by atoms with Gasteiger partial charge in [-0.05, 0) is 51.6 Å². The summed E-state index contributed by atoms with van der Waals surface area (Å²) in [4.78, 5) is 15.2. The van der Waals surface area contributed by atoms with Crippen molar-refractivity contribution in [3.63, 3.8) is 0 Å². The van der Waals surface area contributed by atoms with Crippen molar-refractivity contribution in [2.75, 3.05) is 13.1 Å². The van der Waals surface area contributed by atoms with Gasteiger partial charge in [0.15, 0.2) is 0 Å². The number of carbonyl (C=O) groups is 1. The minimum absolute atomic E-state index is 0.0304. The zero-order valence-corrected chi connectivity index (χ0v) is 14.2. The zero-order valence-electron chi connectivity index (χ0n) is 14.2. The lowest BCUT2D eigenvalue weighted by molar-refractivity contribution is -0.137. The molecular formula is C17H28N4O.